The lowest BCUT2D eigenvalue weighted by molar-refractivity contribution is 0.416. The Bertz CT molecular complexity index is 532. The zero-order chi connectivity index (χ0) is 12.4. The third-order valence-corrected chi connectivity index (χ3v) is 2.81. The summed E-state index contributed by atoms with van der Waals surface area (Å²) in [4.78, 5) is 0. The van der Waals surface area contributed by atoms with Crippen LogP contribution in [0, 0.1) is 6.92 Å². The first-order chi connectivity index (χ1) is 8.10. The van der Waals surface area contributed by atoms with Crippen LogP contribution in [0.2, 0.25) is 5.02 Å². The minimum absolute atomic E-state index is 0.681. The van der Waals surface area contributed by atoms with Crippen molar-refractivity contribution in [2.45, 2.75) is 6.92 Å². The summed E-state index contributed by atoms with van der Waals surface area (Å²) in [6.07, 6.45) is 0. The normalized spacial score (nSPS) is 10.3. The van der Waals surface area contributed by atoms with Crippen molar-refractivity contribution in [3.05, 3.63) is 47.0 Å². The lowest BCUT2D eigenvalue weighted by Gasteiger charge is -2.10. The van der Waals surface area contributed by atoms with E-state index in [0.29, 0.717) is 5.02 Å². The maximum Gasteiger partial charge on any atom is 0.126 e. The number of anilines is 1. The fourth-order valence-electron chi connectivity index (χ4n) is 1.87. The van der Waals surface area contributed by atoms with E-state index in [1.165, 1.54) is 0 Å². The molecule has 88 valence electrons. The first-order valence-electron chi connectivity index (χ1n) is 5.31. The number of rotatable bonds is 2. The number of ether oxygens (including phenoxy) is 1. The second-order valence-electron chi connectivity index (χ2n) is 3.98. The maximum absolute atomic E-state index is 6.02. The smallest absolute Gasteiger partial charge is 0.126 e. The number of nitrogen functional groups attached to an aromatic ring is 1. The molecular weight excluding hydrogens is 234 g/mol. The van der Waals surface area contributed by atoms with E-state index >= 15 is 0 Å². The van der Waals surface area contributed by atoms with Crippen LogP contribution in [0.25, 0.3) is 11.1 Å². The molecule has 0 radical (unpaired) electrons. The van der Waals surface area contributed by atoms with Crippen molar-refractivity contribution >= 4 is 17.3 Å². The maximum atomic E-state index is 6.02. The Morgan fingerprint density at radius 2 is 1.88 bits per heavy atom. The van der Waals surface area contributed by atoms with Crippen LogP contribution < -0.4 is 10.5 Å². The van der Waals surface area contributed by atoms with Crippen LogP contribution >= 0.6 is 11.6 Å². The molecular formula is C14H14ClNO. The molecule has 2 aromatic carbocycles. The molecule has 0 aromatic heterocycles. The van der Waals surface area contributed by atoms with Crippen LogP contribution in [0.5, 0.6) is 5.75 Å². The highest BCUT2D eigenvalue weighted by atomic mass is 35.5. The van der Waals surface area contributed by atoms with Gasteiger partial charge in [0, 0.05) is 16.3 Å². The monoisotopic (exact) mass is 247 g/mol. The minimum Gasteiger partial charge on any atom is -0.496 e. The first kappa shape index (κ1) is 11.8. The summed E-state index contributed by atoms with van der Waals surface area (Å²) in [5, 5.41) is 0.681. The van der Waals surface area contributed by atoms with Crippen molar-refractivity contribution in [1.29, 1.82) is 0 Å². The summed E-state index contributed by atoms with van der Waals surface area (Å²) >= 11 is 6.02. The van der Waals surface area contributed by atoms with E-state index in [0.717, 1.165) is 28.1 Å². The molecule has 0 saturated heterocycles. The van der Waals surface area contributed by atoms with Crippen molar-refractivity contribution in [2.24, 2.45) is 0 Å². The van der Waals surface area contributed by atoms with Gasteiger partial charge in [-0.1, -0.05) is 17.7 Å². The molecule has 0 heterocycles. The molecule has 0 bridgehead atoms. The number of methoxy groups -OCH3 is 1. The molecule has 3 heteroatoms. The van der Waals surface area contributed by atoms with Crippen molar-refractivity contribution < 1.29 is 4.74 Å². The SMILES string of the molecule is COc1ccc(Cl)cc1-c1cc(C)cc(N)c1. The topological polar surface area (TPSA) is 35.2 Å². The highest BCUT2D eigenvalue weighted by Gasteiger charge is 2.07. The third-order valence-electron chi connectivity index (χ3n) is 2.57. The van der Waals surface area contributed by atoms with E-state index in [1.54, 1.807) is 7.11 Å². The molecule has 0 aliphatic heterocycles. The fourth-order valence-corrected chi connectivity index (χ4v) is 2.05. The second kappa shape index (κ2) is 4.68. The van der Waals surface area contributed by atoms with Crippen LogP contribution in [-0.4, -0.2) is 7.11 Å². The summed E-state index contributed by atoms with van der Waals surface area (Å²) in [6.45, 7) is 2.01. The molecule has 0 spiro atoms. The van der Waals surface area contributed by atoms with Gasteiger partial charge < -0.3 is 10.5 Å². The Hall–Kier alpha value is -1.67. The molecule has 0 unspecified atom stereocenters. The van der Waals surface area contributed by atoms with Crippen LogP contribution in [0.3, 0.4) is 0 Å². The van der Waals surface area contributed by atoms with Crippen molar-refractivity contribution in [2.75, 3.05) is 12.8 Å². The first-order valence-corrected chi connectivity index (χ1v) is 5.69. The largest absolute Gasteiger partial charge is 0.496 e. The van der Waals surface area contributed by atoms with E-state index in [9.17, 15) is 0 Å². The summed E-state index contributed by atoms with van der Waals surface area (Å²) < 4.78 is 5.34. The summed E-state index contributed by atoms with van der Waals surface area (Å²) in [5.74, 6) is 0.791. The summed E-state index contributed by atoms with van der Waals surface area (Å²) in [5.41, 5.74) is 9.67. The van der Waals surface area contributed by atoms with Crippen LogP contribution in [0.15, 0.2) is 36.4 Å². The molecule has 0 atom stereocenters. The van der Waals surface area contributed by atoms with Crippen LogP contribution in [-0.2, 0) is 0 Å². The number of nitrogens with two attached hydrogens (primary N) is 1. The number of aryl methyl sites for hydroxylation is 1. The highest BCUT2D eigenvalue weighted by molar-refractivity contribution is 6.31. The quantitative estimate of drug-likeness (QED) is 0.817. The van der Waals surface area contributed by atoms with Gasteiger partial charge in [-0.15, -0.1) is 0 Å². The highest BCUT2D eigenvalue weighted by Crippen LogP contribution is 2.33. The van der Waals surface area contributed by atoms with Gasteiger partial charge in [0.2, 0.25) is 0 Å². The summed E-state index contributed by atoms with van der Waals surface area (Å²) in [6, 6.07) is 11.5. The van der Waals surface area contributed by atoms with Gasteiger partial charge in [0.1, 0.15) is 5.75 Å². The third kappa shape index (κ3) is 2.53. The molecule has 0 amide bonds. The molecule has 0 saturated carbocycles. The molecule has 17 heavy (non-hydrogen) atoms. The Labute approximate surface area is 106 Å². The average molecular weight is 248 g/mol. The van der Waals surface area contributed by atoms with Gasteiger partial charge >= 0.3 is 0 Å². The molecule has 2 nitrogen and oxygen atoms in total. The van der Waals surface area contributed by atoms with E-state index < -0.39 is 0 Å². The lowest BCUT2D eigenvalue weighted by atomic mass is 10.0. The van der Waals surface area contributed by atoms with E-state index in [2.05, 4.69) is 6.07 Å². The Kier molecular flexibility index (Phi) is 3.25. The number of halogens is 1. The molecule has 0 aliphatic rings. The predicted molar refractivity (Wildman–Crippen MR) is 72.6 cm³/mol. The summed E-state index contributed by atoms with van der Waals surface area (Å²) in [7, 11) is 1.64. The minimum atomic E-state index is 0.681. The van der Waals surface area contributed by atoms with E-state index in [-0.39, 0.29) is 0 Å². The van der Waals surface area contributed by atoms with Gasteiger partial charge in [-0.25, -0.2) is 0 Å². The fraction of sp³-hybridized carbons (Fsp3) is 0.143. The Balaban J connectivity index is 2.62. The molecule has 2 rings (SSSR count). The standard InChI is InChI=1S/C14H14ClNO/c1-9-5-10(7-12(16)6-9)13-8-11(15)3-4-14(13)17-2/h3-8H,16H2,1-2H3. The molecule has 2 aromatic rings. The molecule has 0 fully saturated rings. The zero-order valence-electron chi connectivity index (χ0n) is 9.83. The number of benzene rings is 2. The van der Waals surface area contributed by atoms with Gasteiger partial charge in [0.05, 0.1) is 7.11 Å². The average Bonchev–Trinajstić information content (AvgIpc) is 2.27. The van der Waals surface area contributed by atoms with Gasteiger partial charge in [-0.05, 0) is 48.4 Å². The van der Waals surface area contributed by atoms with Gasteiger partial charge in [-0.2, -0.15) is 0 Å². The van der Waals surface area contributed by atoms with Gasteiger partial charge in [-0.3, -0.25) is 0 Å². The van der Waals surface area contributed by atoms with Crippen molar-refractivity contribution in [3.8, 4) is 16.9 Å². The lowest BCUT2D eigenvalue weighted by Crippen LogP contribution is -1.91. The van der Waals surface area contributed by atoms with E-state index in [4.69, 9.17) is 22.1 Å². The van der Waals surface area contributed by atoms with Crippen molar-refractivity contribution in [3.63, 3.8) is 0 Å². The van der Waals surface area contributed by atoms with Gasteiger partial charge in [0.25, 0.3) is 0 Å². The second-order valence-corrected chi connectivity index (χ2v) is 4.41. The predicted octanol–water partition coefficient (Wildman–Crippen LogP) is 3.91. The van der Waals surface area contributed by atoms with E-state index in [1.807, 2.05) is 37.3 Å². The Morgan fingerprint density at radius 3 is 2.53 bits per heavy atom. The number of hydrogen-bond acceptors (Lipinski definition) is 2. The number of hydrogen-bond donors (Lipinski definition) is 1. The zero-order valence-corrected chi connectivity index (χ0v) is 10.6. The Morgan fingerprint density at radius 1 is 1.12 bits per heavy atom. The van der Waals surface area contributed by atoms with Crippen LogP contribution in [0.4, 0.5) is 5.69 Å². The molecule has 0 aliphatic carbocycles. The van der Waals surface area contributed by atoms with Gasteiger partial charge in [0.15, 0.2) is 0 Å². The van der Waals surface area contributed by atoms with Crippen molar-refractivity contribution in [1.82, 2.24) is 0 Å². The molecule has 2 N–H and O–H groups in total. The van der Waals surface area contributed by atoms with Crippen LogP contribution in [0.1, 0.15) is 5.56 Å².